The zero-order chi connectivity index (χ0) is 55.6. The molecule has 5 rings (SSSR count). The summed E-state index contributed by atoms with van der Waals surface area (Å²) in [7, 11) is -8.75. The van der Waals surface area contributed by atoms with Crippen molar-refractivity contribution in [3.63, 3.8) is 0 Å². The summed E-state index contributed by atoms with van der Waals surface area (Å²) in [5, 5.41) is 9.50. The van der Waals surface area contributed by atoms with E-state index in [-0.39, 0.29) is 11.8 Å². The first-order chi connectivity index (χ1) is 37.4. The molecule has 0 amide bonds. The number of halogens is 3. The van der Waals surface area contributed by atoms with E-state index in [1.54, 1.807) is 22.5 Å². The van der Waals surface area contributed by atoms with Crippen molar-refractivity contribution in [3.05, 3.63) is 97.1 Å². The second kappa shape index (κ2) is 34.4. The Kier molecular flexibility index (Phi) is 29.4. The Morgan fingerprint density at radius 3 is 1.04 bits per heavy atom. The van der Waals surface area contributed by atoms with Crippen LogP contribution in [0, 0.1) is 0 Å². The molecule has 1 saturated carbocycles. The van der Waals surface area contributed by atoms with E-state index in [1.165, 1.54) is 197 Å². The van der Waals surface area contributed by atoms with Crippen molar-refractivity contribution < 1.29 is 17.9 Å². The Hall–Kier alpha value is -2.06. The molecule has 1 aliphatic carbocycles. The second-order valence-corrected chi connectivity index (χ2v) is 42.0. The minimum Gasteiger partial charge on any atom is -0.405 e. The summed E-state index contributed by atoms with van der Waals surface area (Å²) in [4.78, 5) is 0. The molecule has 0 bridgehead atoms. The number of nitrogens with zero attached hydrogens (tertiary/aromatic N) is 1. The van der Waals surface area contributed by atoms with Crippen molar-refractivity contribution in [3.8, 4) is 5.75 Å². The van der Waals surface area contributed by atoms with Crippen molar-refractivity contribution in [1.82, 2.24) is 4.44 Å². The van der Waals surface area contributed by atoms with Gasteiger partial charge in [-0.15, -0.1) is 13.2 Å². The number of hydrogen-bond donors (Lipinski definition) is 0. The molecule has 10 heteroatoms. The van der Waals surface area contributed by atoms with E-state index in [4.69, 9.17) is 4.74 Å². The largest absolute Gasteiger partial charge is 0.573 e. The summed E-state index contributed by atoms with van der Waals surface area (Å²) < 4.78 is 53.4. The number of hydrogen-bond acceptors (Lipinski definition) is 2. The third-order valence-corrected chi connectivity index (χ3v) is 39.9. The fraction of sp³-hybridized carbons (Fsp3) is 0.642. The van der Waals surface area contributed by atoms with E-state index >= 15 is 13.2 Å². The first-order valence-electron chi connectivity index (χ1n) is 31.9. The first-order valence-corrected chi connectivity index (χ1v) is 42.4. The number of benzene rings is 4. The average molecular weight is 1150 g/mol. The van der Waals surface area contributed by atoms with Gasteiger partial charge in [-0.3, -0.25) is 0 Å². The summed E-state index contributed by atoms with van der Waals surface area (Å²) >= 11 is 0. The summed E-state index contributed by atoms with van der Waals surface area (Å²) in [6.07, 6.45) is 22.9. The smallest absolute Gasteiger partial charge is 0.405 e. The fourth-order valence-electron chi connectivity index (χ4n) is 13.3. The first kappa shape index (κ1) is 65.7. The van der Waals surface area contributed by atoms with Crippen LogP contribution in [0.3, 0.4) is 0 Å². The van der Waals surface area contributed by atoms with Crippen LogP contribution in [0.2, 0.25) is 54.4 Å². The predicted molar refractivity (Wildman–Crippen MR) is 347 cm³/mol. The quantitative estimate of drug-likeness (QED) is 0.0328. The maximum absolute atomic E-state index is 15.0. The van der Waals surface area contributed by atoms with E-state index in [0.29, 0.717) is 5.30 Å². The SMILES string of the molecule is CCCC[Si](CCCC)(CCCC)c1cccc(P(c2cccc([Si](CCCC)(CCCC)CCCC)c2)N(C2CCCCC2)P(c2cccc([Si](CCCC)(CCCC)CCCC)c2)c2ccccc2OC(F)(F)F)c1. The number of unbranched alkanes of at least 4 members (excludes halogenated alkanes) is 9. The van der Waals surface area contributed by atoms with E-state index in [9.17, 15) is 0 Å². The lowest BCUT2D eigenvalue weighted by atomic mass is 9.96. The van der Waals surface area contributed by atoms with Gasteiger partial charge in [-0.05, 0) is 40.9 Å². The Labute approximate surface area is 476 Å². The molecule has 0 heterocycles. The summed E-state index contributed by atoms with van der Waals surface area (Å²) in [5.41, 5.74) is 0. The van der Waals surface area contributed by atoms with Gasteiger partial charge in [0.05, 0.1) is 24.2 Å². The molecule has 0 spiro atoms. The van der Waals surface area contributed by atoms with Gasteiger partial charge in [0.1, 0.15) is 5.75 Å². The Balaban J connectivity index is 2.00. The van der Waals surface area contributed by atoms with Crippen LogP contribution in [0.25, 0.3) is 0 Å². The van der Waals surface area contributed by atoms with Crippen LogP contribution < -0.4 is 41.5 Å². The van der Waals surface area contributed by atoms with Gasteiger partial charge in [-0.1, -0.05) is 352 Å². The van der Waals surface area contributed by atoms with Crippen molar-refractivity contribution in [1.29, 1.82) is 0 Å². The third kappa shape index (κ3) is 18.7. The summed E-state index contributed by atoms with van der Waals surface area (Å²) in [6.45, 7) is 21.3. The molecule has 4 aromatic carbocycles. The van der Waals surface area contributed by atoms with Crippen LogP contribution in [-0.4, -0.2) is 41.1 Å². The molecule has 1 unspecified atom stereocenters. The van der Waals surface area contributed by atoms with Gasteiger partial charge < -0.3 is 4.74 Å². The normalized spacial score (nSPS) is 14.5. The monoisotopic (exact) mass is 1150 g/mol. The second-order valence-electron chi connectivity index (χ2n) is 23.7. The van der Waals surface area contributed by atoms with Gasteiger partial charge in [-0.2, -0.15) is 0 Å². The number of para-hydroxylation sites is 1. The van der Waals surface area contributed by atoms with Crippen LogP contribution >= 0.6 is 16.1 Å². The lowest BCUT2D eigenvalue weighted by molar-refractivity contribution is -0.274. The van der Waals surface area contributed by atoms with Gasteiger partial charge >= 0.3 is 6.36 Å². The van der Waals surface area contributed by atoms with Crippen LogP contribution in [0.5, 0.6) is 5.75 Å². The highest BCUT2D eigenvalue weighted by molar-refractivity contribution is 7.84. The molecule has 2 nitrogen and oxygen atoms in total. The molecule has 430 valence electrons. The lowest BCUT2D eigenvalue weighted by Crippen LogP contribution is -2.50. The average Bonchev–Trinajstić information content (AvgIpc) is 3.46. The zero-order valence-electron chi connectivity index (χ0n) is 50.3. The van der Waals surface area contributed by atoms with Crippen molar-refractivity contribution in [2.75, 3.05) is 0 Å². The number of alkyl halides is 3. The Morgan fingerprint density at radius 1 is 0.416 bits per heavy atom. The molecule has 1 atom stereocenters. The summed E-state index contributed by atoms with van der Waals surface area (Å²) in [5.74, 6) is -0.0310. The molecule has 0 aromatic heterocycles. The molecular formula is C67H108F3NOP2Si3. The molecule has 1 fully saturated rings. The van der Waals surface area contributed by atoms with Gasteiger partial charge in [-0.25, -0.2) is 4.44 Å². The standard InChI is InChI=1S/C67H108F3NOP2Si3/c1-10-19-46-75(47-20-11-2,48-21-12-3)62-41-33-38-59(55-62)73(60-39-34-42-63(56-60)76(49-22-13-4,50-23-14-5)51-24-15-6)71(58-36-29-28-30-37-58)74(66-45-32-31-44-65(66)72-67(68,69)70)61-40-35-43-64(57-61)77(52-25-16-7,53-26-17-8)54-27-18-9/h31-35,38-45,55-58H,10-30,36-37,46-54H2,1-9H3. The van der Waals surface area contributed by atoms with Crippen molar-refractivity contribution >= 4 is 77.1 Å². The van der Waals surface area contributed by atoms with E-state index in [1.807, 2.05) is 12.1 Å². The van der Waals surface area contributed by atoms with Gasteiger partial charge in [0.25, 0.3) is 0 Å². The minimum atomic E-state index is -4.82. The van der Waals surface area contributed by atoms with Crippen LogP contribution in [0.15, 0.2) is 97.1 Å². The summed E-state index contributed by atoms with van der Waals surface area (Å²) in [6, 6.07) is 49.5. The van der Waals surface area contributed by atoms with Gasteiger partial charge in [0, 0.05) is 27.5 Å². The molecule has 77 heavy (non-hydrogen) atoms. The number of ether oxygens (including phenoxy) is 1. The lowest BCUT2D eigenvalue weighted by Gasteiger charge is -2.46. The minimum absolute atomic E-state index is 0.0310. The van der Waals surface area contributed by atoms with Crippen molar-refractivity contribution in [2.24, 2.45) is 0 Å². The molecule has 0 saturated heterocycles. The fourth-order valence-corrected chi connectivity index (χ4v) is 37.1. The Morgan fingerprint density at radius 2 is 0.727 bits per heavy atom. The van der Waals surface area contributed by atoms with Crippen LogP contribution in [0.4, 0.5) is 13.2 Å². The van der Waals surface area contributed by atoms with Gasteiger partial charge in [0.2, 0.25) is 0 Å². The molecule has 4 aromatic rings. The number of rotatable bonds is 38. The highest BCUT2D eigenvalue weighted by Crippen LogP contribution is 2.59. The van der Waals surface area contributed by atoms with Gasteiger partial charge in [0.15, 0.2) is 0 Å². The maximum atomic E-state index is 15.0. The van der Waals surface area contributed by atoms with Crippen LogP contribution in [-0.2, 0) is 0 Å². The molecular weight excluding hydrogens is 1040 g/mol. The highest BCUT2D eigenvalue weighted by Gasteiger charge is 2.43. The highest BCUT2D eigenvalue weighted by atomic mass is 31.2. The third-order valence-electron chi connectivity index (χ3n) is 17.8. The Bertz CT molecular complexity index is 2110. The molecule has 0 aliphatic heterocycles. The van der Waals surface area contributed by atoms with Crippen LogP contribution in [0.1, 0.15) is 210 Å². The van der Waals surface area contributed by atoms with Crippen molar-refractivity contribution in [2.45, 2.75) is 277 Å². The van der Waals surface area contributed by atoms with E-state index in [0.717, 1.165) is 25.7 Å². The molecule has 0 N–H and O–H groups in total. The zero-order valence-corrected chi connectivity index (χ0v) is 55.1. The van der Waals surface area contributed by atoms with E-state index in [2.05, 4.69) is 140 Å². The molecule has 0 radical (unpaired) electrons. The van der Waals surface area contributed by atoms with E-state index < -0.39 is 46.7 Å². The topological polar surface area (TPSA) is 12.5 Å². The maximum Gasteiger partial charge on any atom is 0.573 e. The molecule has 1 aliphatic rings. The predicted octanol–water partition coefficient (Wildman–Crippen LogP) is 19.8.